The van der Waals surface area contributed by atoms with Crippen molar-refractivity contribution in [1.29, 1.82) is 0 Å². The average molecular weight is 379 g/mol. The first-order valence-corrected chi connectivity index (χ1v) is 9.69. The van der Waals surface area contributed by atoms with Crippen LogP contribution >= 0.6 is 0 Å². The molecule has 0 unspecified atom stereocenters. The Hall–Kier alpha value is -2.96. The highest BCUT2D eigenvalue weighted by Crippen LogP contribution is 2.23. The van der Waals surface area contributed by atoms with Gasteiger partial charge in [0.2, 0.25) is 0 Å². The normalized spacial score (nSPS) is 15.3. The van der Waals surface area contributed by atoms with Crippen LogP contribution in [-0.4, -0.2) is 43.2 Å². The second kappa shape index (κ2) is 7.22. The molecule has 7 nitrogen and oxygen atoms in total. The van der Waals surface area contributed by atoms with Gasteiger partial charge in [-0.15, -0.1) is 0 Å². The Morgan fingerprint density at radius 2 is 1.89 bits per heavy atom. The summed E-state index contributed by atoms with van der Waals surface area (Å²) in [4.78, 5) is 31.6. The Labute approximate surface area is 163 Å². The lowest BCUT2D eigenvalue weighted by atomic mass is 9.96. The van der Waals surface area contributed by atoms with Crippen LogP contribution in [0.5, 0.6) is 0 Å². The average Bonchev–Trinajstić information content (AvgIpc) is 3.05. The monoisotopic (exact) mass is 379 g/mol. The Kier molecular flexibility index (Phi) is 4.75. The number of carbonyl (C=O) groups excluding carboxylic acids is 1. The summed E-state index contributed by atoms with van der Waals surface area (Å²) in [6.07, 6.45) is 3.38. The number of rotatable bonds is 3. The Morgan fingerprint density at radius 1 is 1.18 bits per heavy atom. The smallest absolute Gasteiger partial charge is 0.275 e. The van der Waals surface area contributed by atoms with Crippen LogP contribution in [-0.2, 0) is 13.6 Å². The molecular formula is C21H25N5O2. The highest BCUT2D eigenvalue weighted by Gasteiger charge is 2.27. The molecule has 7 heteroatoms. The number of carbonyl (C=O) groups is 1. The fraction of sp³-hybridized carbons (Fsp3) is 0.429. The lowest BCUT2D eigenvalue weighted by molar-refractivity contribution is 0.0677. The molecule has 3 aromatic rings. The molecule has 3 heterocycles. The second-order valence-electron chi connectivity index (χ2n) is 7.64. The van der Waals surface area contributed by atoms with Crippen LogP contribution < -0.4 is 5.56 Å². The van der Waals surface area contributed by atoms with Gasteiger partial charge in [0.05, 0.1) is 11.8 Å². The molecule has 0 saturated carbocycles. The summed E-state index contributed by atoms with van der Waals surface area (Å²) in [5.41, 5.74) is 3.00. The van der Waals surface area contributed by atoms with Gasteiger partial charge in [-0.25, -0.2) is 4.98 Å². The van der Waals surface area contributed by atoms with Crippen molar-refractivity contribution < 1.29 is 4.79 Å². The van der Waals surface area contributed by atoms with Gasteiger partial charge in [0.1, 0.15) is 0 Å². The van der Waals surface area contributed by atoms with E-state index >= 15 is 0 Å². The van der Waals surface area contributed by atoms with Crippen LogP contribution in [0.1, 0.15) is 34.6 Å². The molecule has 0 N–H and O–H groups in total. The molecule has 4 rings (SSSR count). The molecule has 0 atom stereocenters. The van der Waals surface area contributed by atoms with Crippen LogP contribution in [0, 0.1) is 19.8 Å². The zero-order valence-corrected chi connectivity index (χ0v) is 16.6. The van der Waals surface area contributed by atoms with Gasteiger partial charge < -0.3 is 4.90 Å². The fourth-order valence-electron chi connectivity index (χ4n) is 3.92. The van der Waals surface area contributed by atoms with Gasteiger partial charge in [-0.3, -0.25) is 18.8 Å². The van der Waals surface area contributed by atoms with Crippen molar-refractivity contribution in [2.75, 3.05) is 13.1 Å². The van der Waals surface area contributed by atoms with E-state index < -0.39 is 0 Å². The molecule has 1 fully saturated rings. The second-order valence-corrected chi connectivity index (χ2v) is 7.64. The SMILES string of the molecule is Cc1ncn(CC2CCN(C(=O)c3nn(C)c4ccccc34)CC2)c(=O)c1C. The summed E-state index contributed by atoms with van der Waals surface area (Å²) in [6.45, 7) is 5.69. The van der Waals surface area contributed by atoms with E-state index in [1.807, 2.05) is 50.1 Å². The van der Waals surface area contributed by atoms with E-state index in [1.165, 1.54) is 0 Å². The number of benzene rings is 1. The summed E-state index contributed by atoms with van der Waals surface area (Å²) in [7, 11) is 1.86. The third kappa shape index (κ3) is 3.21. The number of para-hydroxylation sites is 1. The molecule has 0 spiro atoms. The Bertz CT molecular complexity index is 1090. The number of hydrogen-bond acceptors (Lipinski definition) is 4. The summed E-state index contributed by atoms with van der Waals surface area (Å²) in [6, 6.07) is 7.80. The van der Waals surface area contributed by atoms with Gasteiger partial charge in [0.15, 0.2) is 5.69 Å². The maximum absolute atomic E-state index is 13.0. The minimum Gasteiger partial charge on any atom is -0.337 e. The molecule has 28 heavy (non-hydrogen) atoms. The van der Waals surface area contributed by atoms with Gasteiger partial charge in [-0.2, -0.15) is 5.10 Å². The Balaban J connectivity index is 1.45. The van der Waals surface area contributed by atoms with Gasteiger partial charge in [0.25, 0.3) is 11.5 Å². The van der Waals surface area contributed by atoms with Crippen molar-refractivity contribution in [3.63, 3.8) is 0 Å². The van der Waals surface area contributed by atoms with E-state index in [2.05, 4.69) is 10.1 Å². The minimum atomic E-state index is -0.0136. The van der Waals surface area contributed by atoms with Crippen molar-refractivity contribution in [2.45, 2.75) is 33.2 Å². The lowest BCUT2D eigenvalue weighted by Gasteiger charge is -2.32. The fourth-order valence-corrected chi connectivity index (χ4v) is 3.92. The zero-order valence-electron chi connectivity index (χ0n) is 16.6. The molecule has 1 saturated heterocycles. The van der Waals surface area contributed by atoms with Crippen molar-refractivity contribution in [2.24, 2.45) is 13.0 Å². The summed E-state index contributed by atoms with van der Waals surface area (Å²) >= 11 is 0. The number of likely N-dealkylation sites (tertiary alicyclic amines) is 1. The molecule has 1 amide bonds. The van der Waals surface area contributed by atoms with Gasteiger partial charge in [0, 0.05) is 43.3 Å². The lowest BCUT2D eigenvalue weighted by Crippen LogP contribution is -2.40. The Morgan fingerprint density at radius 3 is 2.64 bits per heavy atom. The number of aryl methyl sites for hydroxylation is 2. The largest absolute Gasteiger partial charge is 0.337 e. The van der Waals surface area contributed by atoms with Crippen molar-refractivity contribution >= 4 is 16.8 Å². The highest BCUT2D eigenvalue weighted by molar-refractivity contribution is 6.04. The highest BCUT2D eigenvalue weighted by atomic mass is 16.2. The molecule has 1 aliphatic heterocycles. The molecule has 1 aromatic carbocycles. The number of aromatic nitrogens is 4. The molecule has 0 radical (unpaired) electrons. The van der Waals surface area contributed by atoms with Crippen LogP contribution in [0.25, 0.3) is 10.9 Å². The van der Waals surface area contributed by atoms with Crippen molar-refractivity contribution in [1.82, 2.24) is 24.2 Å². The summed E-state index contributed by atoms with van der Waals surface area (Å²) in [5.74, 6) is 0.353. The van der Waals surface area contributed by atoms with Gasteiger partial charge in [-0.1, -0.05) is 18.2 Å². The quantitative estimate of drug-likeness (QED) is 0.700. The van der Waals surface area contributed by atoms with Crippen molar-refractivity contribution in [3.05, 3.63) is 57.9 Å². The first kappa shape index (κ1) is 18.4. The van der Waals surface area contributed by atoms with Crippen molar-refractivity contribution in [3.8, 4) is 0 Å². The van der Waals surface area contributed by atoms with Gasteiger partial charge in [-0.05, 0) is 38.7 Å². The number of amides is 1. The van der Waals surface area contributed by atoms with E-state index in [0.717, 1.165) is 29.4 Å². The molecule has 2 aromatic heterocycles. The van der Waals surface area contributed by atoms with E-state index in [-0.39, 0.29) is 11.5 Å². The first-order valence-electron chi connectivity index (χ1n) is 9.69. The zero-order chi connectivity index (χ0) is 19.8. The standard InChI is InChI=1S/C21H25N5O2/c1-14-15(2)22-13-26(20(14)27)12-16-8-10-25(11-9-16)21(28)19-17-6-4-5-7-18(17)24(3)23-19/h4-7,13,16H,8-12H2,1-3H3. The third-order valence-electron chi connectivity index (χ3n) is 5.83. The van der Waals surface area contributed by atoms with E-state index in [0.29, 0.717) is 36.8 Å². The van der Waals surface area contributed by atoms with Crippen LogP contribution in [0.4, 0.5) is 0 Å². The molecule has 146 valence electrons. The molecule has 0 bridgehead atoms. The maximum Gasteiger partial charge on any atom is 0.275 e. The van der Waals surface area contributed by atoms with Crippen LogP contribution in [0.3, 0.4) is 0 Å². The molecule has 1 aliphatic rings. The maximum atomic E-state index is 13.0. The number of fused-ring (bicyclic) bond motifs is 1. The van der Waals surface area contributed by atoms with E-state index in [1.54, 1.807) is 15.6 Å². The van der Waals surface area contributed by atoms with Crippen LogP contribution in [0.2, 0.25) is 0 Å². The number of nitrogens with zero attached hydrogens (tertiary/aromatic N) is 5. The van der Waals surface area contributed by atoms with E-state index in [4.69, 9.17) is 0 Å². The summed E-state index contributed by atoms with van der Waals surface area (Å²) in [5, 5.41) is 5.35. The number of hydrogen-bond donors (Lipinski definition) is 0. The molecular weight excluding hydrogens is 354 g/mol. The number of piperidine rings is 1. The predicted molar refractivity (Wildman–Crippen MR) is 107 cm³/mol. The van der Waals surface area contributed by atoms with E-state index in [9.17, 15) is 9.59 Å². The topological polar surface area (TPSA) is 73.0 Å². The van der Waals surface area contributed by atoms with Crippen LogP contribution in [0.15, 0.2) is 35.4 Å². The summed E-state index contributed by atoms with van der Waals surface area (Å²) < 4.78 is 3.46. The third-order valence-corrected chi connectivity index (χ3v) is 5.83. The molecule has 0 aliphatic carbocycles. The minimum absolute atomic E-state index is 0.0136. The predicted octanol–water partition coefficient (Wildman–Crippen LogP) is 2.30. The first-order chi connectivity index (χ1) is 13.5. The van der Waals surface area contributed by atoms with Gasteiger partial charge >= 0.3 is 0 Å².